The summed E-state index contributed by atoms with van der Waals surface area (Å²) in [6.45, 7) is 11.9. The molecule has 2 aliphatic rings. The van der Waals surface area contributed by atoms with Crippen molar-refractivity contribution in [3.63, 3.8) is 0 Å². The van der Waals surface area contributed by atoms with Crippen molar-refractivity contribution in [1.82, 2.24) is 21.3 Å². The van der Waals surface area contributed by atoms with Gasteiger partial charge in [0, 0.05) is 17.5 Å². The molecule has 1 aliphatic heterocycles. The van der Waals surface area contributed by atoms with Crippen LogP contribution < -0.4 is 21.3 Å². The fraction of sp³-hybridized carbons (Fsp3) is 0.833. The lowest BCUT2D eigenvalue weighted by Gasteiger charge is -2.33. The number of hydrogen-bond acceptors (Lipinski definition) is 4. The zero-order valence-corrected chi connectivity index (χ0v) is 21.6. The number of nitrogens with one attached hydrogen (secondary N) is 4. The standard InChI is InChI=1S/C24H39F3N4O4/c1-13(10-14-11-23(8-9-23)31-17(14)32)28-18(33)15(12-21(2,3)4)29-19(34)16(22(5,6)7)30-20(35)24(25,26)27/h13-16H,8-12H2,1-7H3,(H,28,33)(H,29,34)(H,30,35)(H,31,32)/t13-,14-,15+,16-/m1/s1. The molecule has 2 rings (SSSR count). The summed E-state index contributed by atoms with van der Waals surface area (Å²) in [5.41, 5.74) is -1.51. The first-order valence-electron chi connectivity index (χ1n) is 12.0. The van der Waals surface area contributed by atoms with Gasteiger partial charge in [-0.1, -0.05) is 41.5 Å². The summed E-state index contributed by atoms with van der Waals surface area (Å²) in [4.78, 5) is 49.9. The zero-order chi connectivity index (χ0) is 27.0. The average molecular weight is 505 g/mol. The second-order valence-electron chi connectivity index (χ2n) is 12.4. The van der Waals surface area contributed by atoms with E-state index in [9.17, 15) is 32.3 Å². The van der Waals surface area contributed by atoms with Gasteiger partial charge in [-0.3, -0.25) is 19.2 Å². The normalized spacial score (nSPS) is 22.1. The van der Waals surface area contributed by atoms with E-state index in [1.54, 1.807) is 12.2 Å². The molecule has 0 unspecified atom stereocenters. The highest BCUT2D eigenvalue weighted by Crippen LogP contribution is 2.46. The maximum Gasteiger partial charge on any atom is 0.471 e. The Balaban J connectivity index is 2.09. The van der Waals surface area contributed by atoms with Crippen LogP contribution in [0.3, 0.4) is 0 Å². The molecule has 35 heavy (non-hydrogen) atoms. The maximum absolute atomic E-state index is 13.1. The predicted molar refractivity (Wildman–Crippen MR) is 124 cm³/mol. The molecular weight excluding hydrogens is 465 g/mol. The third-order valence-electron chi connectivity index (χ3n) is 6.39. The van der Waals surface area contributed by atoms with Crippen molar-refractivity contribution in [3.8, 4) is 0 Å². The third-order valence-corrected chi connectivity index (χ3v) is 6.39. The summed E-state index contributed by atoms with van der Waals surface area (Å²) < 4.78 is 38.5. The van der Waals surface area contributed by atoms with Crippen LogP contribution in [0.15, 0.2) is 0 Å². The summed E-state index contributed by atoms with van der Waals surface area (Å²) in [5, 5.41) is 10.2. The molecule has 0 radical (unpaired) electrons. The van der Waals surface area contributed by atoms with Crippen molar-refractivity contribution >= 4 is 23.6 Å². The Kier molecular flexibility index (Phi) is 8.23. The van der Waals surface area contributed by atoms with Crippen molar-refractivity contribution in [3.05, 3.63) is 0 Å². The number of rotatable bonds is 8. The Bertz CT molecular complexity index is 841. The number of carbonyl (C=O) groups is 4. The molecule has 1 heterocycles. The van der Waals surface area contributed by atoms with E-state index in [-0.39, 0.29) is 29.8 Å². The van der Waals surface area contributed by atoms with E-state index in [4.69, 9.17) is 0 Å². The lowest BCUT2D eigenvalue weighted by Crippen LogP contribution is -2.60. The van der Waals surface area contributed by atoms with E-state index in [1.807, 2.05) is 20.8 Å². The van der Waals surface area contributed by atoms with Crippen LogP contribution in [0.25, 0.3) is 0 Å². The van der Waals surface area contributed by atoms with Gasteiger partial charge in [-0.2, -0.15) is 13.2 Å². The van der Waals surface area contributed by atoms with Crippen LogP contribution in [-0.4, -0.2) is 53.5 Å². The monoisotopic (exact) mass is 504 g/mol. The second-order valence-corrected chi connectivity index (χ2v) is 12.4. The minimum Gasteiger partial charge on any atom is -0.352 e. The van der Waals surface area contributed by atoms with Crippen molar-refractivity contribution in [1.29, 1.82) is 0 Å². The van der Waals surface area contributed by atoms with Crippen LogP contribution in [-0.2, 0) is 19.2 Å². The Labute approximate surface area is 204 Å². The Hall–Kier alpha value is -2.33. The molecule has 11 heteroatoms. The number of carbonyl (C=O) groups excluding carboxylic acids is 4. The van der Waals surface area contributed by atoms with Gasteiger partial charge >= 0.3 is 12.1 Å². The molecule has 1 spiro atoms. The summed E-state index contributed by atoms with van der Waals surface area (Å²) in [7, 11) is 0. The predicted octanol–water partition coefficient (Wildman–Crippen LogP) is 2.56. The van der Waals surface area contributed by atoms with Gasteiger partial charge in [0.15, 0.2) is 0 Å². The maximum atomic E-state index is 13.1. The van der Waals surface area contributed by atoms with Gasteiger partial charge in [0.05, 0.1) is 0 Å². The minimum absolute atomic E-state index is 0.0171. The van der Waals surface area contributed by atoms with E-state index in [0.717, 1.165) is 19.3 Å². The summed E-state index contributed by atoms with van der Waals surface area (Å²) in [6, 6.07) is -2.90. The third kappa shape index (κ3) is 8.38. The number of hydrogen-bond donors (Lipinski definition) is 4. The molecule has 4 amide bonds. The fourth-order valence-electron chi connectivity index (χ4n) is 4.44. The Morgan fingerprint density at radius 3 is 2.00 bits per heavy atom. The average Bonchev–Trinajstić information content (AvgIpc) is 3.32. The molecule has 1 saturated heterocycles. The Morgan fingerprint density at radius 1 is 1.00 bits per heavy atom. The second kappa shape index (κ2) is 9.97. The molecule has 4 N–H and O–H groups in total. The van der Waals surface area contributed by atoms with Crippen LogP contribution in [0.2, 0.25) is 0 Å². The van der Waals surface area contributed by atoms with Crippen molar-refractivity contribution < 1.29 is 32.3 Å². The first kappa shape index (κ1) is 28.9. The van der Waals surface area contributed by atoms with Crippen LogP contribution in [0.1, 0.15) is 80.6 Å². The summed E-state index contributed by atoms with van der Waals surface area (Å²) >= 11 is 0. The highest BCUT2D eigenvalue weighted by Gasteiger charge is 2.52. The highest BCUT2D eigenvalue weighted by atomic mass is 19.4. The van der Waals surface area contributed by atoms with Gasteiger partial charge in [-0.05, 0) is 49.9 Å². The number of amides is 4. The van der Waals surface area contributed by atoms with Crippen molar-refractivity contribution in [2.75, 3.05) is 0 Å². The van der Waals surface area contributed by atoms with E-state index >= 15 is 0 Å². The van der Waals surface area contributed by atoms with Gasteiger partial charge in [-0.15, -0.1) is 0 Å². The van der Waals surface area contributed by atoms with Crippen molar-refractivity contribution in [2.45, 2.75) is 110 Å². The zero-order valence-electron chi connectivity index (χ0n) is 21.6. The largest absolute Gasteiger partial charge is 0.471 e. The molecule has 0 bridgehead atoms. The van der Waals surface area contributed by atoms with E-state index in [2.05, 4.69) is 16.0 Å². The first-order valence-corrected chi connectivity index (χ1v) is 12.0. The number of alkyl halides is 3. The van der Waals surface area contributed by atoms with Crippen LogP contribution >= 0.6 is 0 Å². The first-order chi connectivity index (χ1) is 15.7. The molecule has 1 aliphatic carbocycles. The van der Waals surface area contributed by atoms with Gasteiger partial charge in [0.2, 0.25) is 17.7 Å². The summed E-state index contributed by atoms with van der Waals surface area (Å²) in [5.74, 6) is -3.81. The Morgan fingerprint density at radius 2 is 1.57 bits per heavy atom. The van der Waals surface area contributed by atoms with Crippen LogP contribution in [0.4, 0.5) is 13.2 Å². The van der Waals surface area contributed by atoms with Gasteiger partial charge in [-0.25, -0.2) is 0 Å². The summed E-state index contributed by atoms with van der Waals surface area (Å²) in [6.07, 6.45) is -1.81. The molecule has 0 aromatic heterocycles. The molecular formula is C24H39F3N4O4. The van der Waals surface area contributed by atoms with Gasteiger partial charge in [0.25, 0.3) is 0 Å². The molecule has 200 valence electrons. The van der Waals surface area contributed by atoms with Gasteiger partial charge in [0.1, 0.15) is 12.1 Å². The topological polar surface area (TPSA) is 116 Å². The lowest BCUT2D eigenvalue weighted by atomic mass is 9.84. The number of halogens is 3. The molecule has 0 aromatic rings. The van der Waals surface area contributed by atoms with Crippen LogP contribution in [0, 0.1) is 16.7 Å². The molecule has 8 nitrogen and oxygen atoms in total. The smallest absolute Gasteiger partial charge is 0.352 e. The SMILES string of the molecule is C[C@H](C[C@@H]1CC2(CC2)NC1=O)NC(=O)[C@H](CC(C)(C)C)NC(=O)[C@@H](NC(=O)C(F)(F)F)C(C)(C)C. The van der Waals surface area contributed by atoms with E-state index in [1.165, 1.54) is 20.8 Å². The highest BCUT2D eigenvalue weighted by molar-refractivity contribution is 5.93. The molecule has 4 atom stereocenters. The lowest BCUT2D eigenvalue weighted by molar-refractivity contribution is -0.175. The quantitative estimate of drug-likeness (QED) is 0.407. The molecule has 1 saturated carbocycles. The van der Waals surface area contributed by atoms with Gasteiger partial charge < -0.3 is 21.3 Å². The van der Waals surface area contributed by atoms with Crippen LogP contribution in [0.5, 0.6) is 0 Å². The minimum atomic E-state index is -5.15. The van der Waals surface area contributed by atoms with E-state index < -0.39 is 46.8 Å². The molecule has 2 fully saturated rings. The fourth-order valence-corrected chi connectivity index (χ4v) is 4.44. The van der Waals surface area contributed by atoms with E-state index in [0.29, 0.717) is 6.42 Å². The van der Waals surface area contributed by atoms with Crippen molar-refractivity contribution in [2.24, 2.45) is 16.7 Å². The molecule has 0 aromatic carbocycles.